The normalized spacial score (nSPS) is 17.0. The second-order valence-electron chi connectivity index (χ2n) is 4.82. The van der Waals surface area contributed by atoms with E-state index in [1.54, 1.807) is 41.3 Å². The Morgan fingerprint density at radius 2 is 1.95 bits per heavy atom. The Morgan fingerprint density at radius 1 is 1.19 bits per heavy atom. The molecule has 0 atom stereocenters. The number of benzene rings is 1. The van der Waals surface area contributed by atoms with Crippen LogP contribution in [-0.2, 0) is 10.0 Å². The molecule has 0 aliphatic carbocycles. The Kier molecular flexibility index (Phi) is 4.05. The SMILES string of the molecule is CNc1ccc2cc(S(=O)(=O)N3CCSCC3)ccc2n1. The third-order valence-electron chi connectivity index (χ3n) is 3.52. The molecule has 1 aliphatic rings. The lowest BCUT2D eigenvalue weighted by molar-refractivity contribution is 0.443. The first-order valence-corrected chi connectivity index (χ1v) is 9.37. The zero-order valence-electron chi connectivity index (χ0n) is 11.7. The zero-order valence-corrected chi connectivity index (χ0v) is 13.4. The number of pyridine rings is 1. The molecule has 1 aromatic carbocycles. The Hall–Kier alpha value is -1.31. The molecule has 112 valence electrons. The second-order valence-corrected chi connectivity index (χ2v) is 7.98. The minimum absolute atomic E-state index is 0.348. The molecule has 0 unspecified atom stereocenters. The summed E-state index contributed by atoms with van der Waals surface area (Å²) in [5.41, 5.74) is 0.787. The predicted molar refractivity (Wildman–Crippen MR) is 87.4 cm³/mol. The van der Waals surface area contributed by atoms with E-state index in [-0.39, 0.29) is 0 Å². The number of nitrogens with one attached hydrogen (secondary N) is 1. The summed E-state index contributed by atoms with van der Waals surface area (Å²) < 4.78 is 26.8. The highest BCUT2D eigenvalue weighted by molar-refractivity contribution is 7.99. The number of aromatic nitrogens is 1. The van der Waals surface area contributed by atoms with E-state index in [0.717, 1.165) is 28.2 Å². The molecule has 1 N–H and O–H groups in total. The minimum atomic E-state index is -3.39. The van der Waals surface area contributed by atoms with Crippen molar-refractivity contribution in [3.8, 4) is 0 Å². The van der Waals surface area contributed by atoms with E-state index >= 15 is 0 Å². The van der Waals surface area contributed by atoms with Crippen molar-refractivity contribution in [1.29, 1.82) is 0 Å². The number of sulfonamides is 1. The van der Waals surface area contributed by atoms with Gasteiger partial charge in [0.1, 0.15) is 5.82 Å². The molecule has 0 radical (unpaired) electrons. The van der Waals surface area contributed by atoms with E-state index in [4.69, 9.17) is 0 Å². The molecule has 0 spiro atoms. The standard InChI is InChI=1S/C14H17N3O2S2/c1-15-14-5-2-11-10-12(3-4-13(11)16-14)21(18,19)17-6-8-20-9-7-17/h2-5,10H,6-9H2,1H3,(H,15,16). The molecule has 2 aromatic rings. The Bertz CT molecular complexity index is 756. The van der Waals surface area contributed by atoms with Crippen LogP contribution < -0.4 is 5.32 Å². The van der Waals surface area contributed by atoms with Crippen LogP contribution in [0.1, 0.15) is 0 Å². The van der Waals surface area contributed by atoms with Gasteiger partial charge in [0.2, 0.25) is 10.0 Å². The van der Waals surface area contributed by atoms with Gasteiger partial charge < -0.3 is 5.32 Å². The number of rotatable bonds is 3. The van der Waals surface area contributed by atoms with Crippen LogP contribution in [0.4, 0.5) is 5.82 Å². The highest BCUT2D eigenvalue weighted by Gasteiger charge is 2.26. The first-order valence-electron chi connectivity index (χ1n) is 6.78. The number of hydrogen-bond acceptors (Lipinski definition) is 5. The minimum Gasteiger partial charge on any atom is -0.373 e. The van der Waals surface area contributed by atoms with Crippen molar-refractivity contribution < 1.29 is 8.42 Å². The van der Waals surface area contributed by atoms with E-state index in [2.05, 4.69) is 10.3 Å². The Balaban J connectivity index is 2.00. The van der Waals surface area contributed by atoms with Gasteiger partial charge in [-0.05, 0) is 30.3 Å². The third-order valence-corrected chi connectivity index (χ3v) is 6.36. The van der Waals surface area contributed by atoms with Crippen molar-refractivity contribution in [3.05, 3.63) is 30.3 Å². The molecule has 3 rings (SSSR count). The molecule has 0 bridgehead atoms. The van der Waals surface area contributed by atoms with Gasteiger partial charge in [-0.15, -0.1) is 0 Å². The Morgan fingerprint density at radius 3 is 2.67 bits per heavy atom. The van der Waals surface area contributed by atoms with Crippen LogP contribution in [0.15, 0.2) is 35.2 Å². The maximum atomic E-state index is 12.6. The van der Waals surface area contributed by atoms with Gasteiger partial charge in [-0.3, -0.25) is 0 Å². The molecule has 1 saturated heterocycles. The maximum Gasteiger partial charge on any atom is 0.243 e. The van der Waals surface area contributed by atoms with E-state index in [1.807, 2.05) is 12.1 Å². The van der Waals surface area contributed by atoms with E-state index in [9.17, 15) is 8.42 Å². The van der Waals surface area contributed by atoms with Crippen LogP contribution in [0, 0.1) is 0 Å². The lowest BCUT2D eigenvalue weighted by atomic mass is 10.2. The number of hydrogen-bond donors (Lipinski definition) is 1. The van der Waals surface area contributed by atoms with Gasteiger partial charge >= 0.3 is 0 Å². The fourth-order valence-electron chi connectivity index (χ4n) is 2.34. The molecule has 5 nitrogen and oxygen atoms in total. The summed E-state index contributed by atoms with van der Waals surface area (Å²) in [4.78, 5) is 4.75. The van der Waals surface area contributed by atoms with Crippen molar-refractivity contribution in [2.24, 2.45) is 0 Å². The number of nitrogens with zero attached hydrogens (tertiary/aromatic N) is 2. The summed E-state index contributed by atoms with van der Waals surface area (Å²) in [6, 6.07) is 8.85. The summed E-state index contributed by atoms with van der Waals surface area (Å²) >= 11 is 1.79. The van der Waals surface area contributed by atoms with Crippen LogP contribution in [0.25, 0.3) is 10.9 Å². The molecular formula is C14H17N3O2S2. The third kappa shape index (κ3) is 2.86. The molecule has 0 saturated carbocycles. The van der Waals surface area contributed by atoms with Crippen LogP contribution in [0.5, 0.6) is 0 Å². The van der Waals surface area contributed by atoms with Gasteiger partial charge in [0.15, 0.2) is 0 Å². The van der Waals surface area contributed by atoms with Crippen molar-refractivity contribution in [3.63, 3.8) is 0 Å². The summed E-state index contributed by atoms with van der Waals surface area (Å²) in [5.74, 6) is 2.49. The van der Waals surface area contributed by atoms with Crippen molar-refractivity contribution in [1.82, 2.24) is 9.29 Å². The fraction of sp³-hybridized carbons (Fsp3) is 0.357. The monoisotopic (exact) mass is 323 g/mol. The number of thioether (sulfide) groups is 1. The van der Waals surface area contributed by atoms with E-state index < -0.39 is 10.0 Å². The first kappa shape index (κ1) is 14.6. The second kappa shape index (κ2) is 5.82. The summed E-state index contributed by atoms with van der Waals surface area (Å²) in [6.45, 7) is 1.17. The molecule has 1 aromatic heterocycles. The van der Waals surface area contributed by atoms with Crippen molar-refractivity contribution in [2.45, 2.75) is 4.90 Å². The van der Waals surface area contributed by atoms with Crippen LogP contribution in [-0.4, -0.2) is 49.3 Å². The van der Waals surface area contributed by atoms with Crippen LogP contribution in [0.3, 0.4) is 0 Å². The average molecular weight is 323 g/mol. The van der Waals surface area contributed by atoms with Crippen molar-refractivity contribution in [2.75, 3.05) is 37.0 Å². The average Bonchev–Trinajstić information content (AvgIpc) is 2.54. The van der Waals surface area contributed by atoms with Gasteiger partial charge in [-0.2, -0.15) is 16.1 Å². The molecule has 7 heteroatoms. The lowest BCUT2D eigenvalue weighted by Crippen LogP contribution is -2.37. The quantitative estimate of drug-likeness (QED) is 0.936. The molecule has 2 heterocycles. The number of fused-ring (bicyclic) bond motifs is 1. The van der Waals surface area contributed by atoms with E-state index in [1.165, 1.54) is 0 Å². The smallest absolute Gasteiger partial charge is 0.243 e. The maximum absolute atomic E-state index is 12.6. The van der Waals surface area contributed by atoms with Crippen LogP contribution in [0.2, 0.25) is 0 Å². The molecule has 21 heavy (non-hydrogen) atoms. The van der Waals surface area contributed by atoms with Crippen LogP contribution >= 0.6 is 11.8 Å². The first-order chi connectivity index (χ1) is 10.1. The number of anilines is 1. The van der Waals surface area contributed by atoms with E-state index in [0.29, 0.717) is 18.0 Å². The van der Waals surface area contributed by atoms with Gasteiger partial charge in [-0.25, -0.2) is 13.4 Å². The highest BCUT2D eigenvalue weighted by atomic mass is 32.2. The molecule has 1 aliphatic heterocycles. The summed E-state index contributed by atoms with van der Waals surface area (Å²) in [7, 11) is -1.59. The zero-order chi connectivity index (χ0) is 14.9. The lowest BCUT2D eigenvalue weighted by Gasteiger charge is -2.25. The fourth-order valence-corrected chi connectivity index (χ4v) is 4.95. The summed E-state index contributed by atoms with van der Waals surface area (Å²) in [5, 5.41) is 3.81. The molecule has 1 fully saturated rings. The van der Waals surface area contributed by atoms with Gasteiger partial charge in [0.05, 0.1) is 10.4 Å². The van der Waals surface area contributed by atoms with Crippen molar-refractivity contribution >= 4 is 38.5 Å². The highest BCUT2D eigenvalue weighted by Crippen LogP contribution is 2.24. The predicted octanol–water partition coefficient (Wildman–Crippen LogP) is 2.01. The van der Waals surface area contributed by atoms with Gasteiger partial charge in [0, 0.05) is 37.0 Å². The molecule has 0 amide bonds. The summed E-state index contributed by atoms with van der Waals surface area (Å²) in [6.07, 6.45) is 0. The Labute approximate surface area is 128 Å². The van der Waals surface area contributed by atoms with Gasteiger partial charge in [0.25, 0.3) is 0 Å². The topological polar surface area (TPSA) is 62.3 Å². The largest absolute Gasteiger partial charge is 0.373 e. The van der Waals surface area contributed by atoms with Gasteiger partial charge in [-0.1, -0.05) is 0 Å². The molecular weight excluding hydrogens is 306 g/mol.